The van der Waals surface area contributed by atoms with E-state index >= 15 is 0 Å². The molecule has 6 heteroatoms. The Bertz CT molecular complexity index is 1940. The molecule has 2 N–H and O–H groups in total. The molecule has 0 radical (unpaired) electrons. The number of phenols is 2. The molecule has 4 rings (SSSR count). The topological polar surface area (TPSA) is 93.1 Å². The third kappa shape index (κ3) is 8.19. The number of ether oxygens (including phenoxy) is 2. The Balaban J connectivity index is 1.68. The average Bonchev–Trinajstić information content (AvgIpc) is 3.08. The molecular formula is C44H50O6. The number of hydrogen-bond donors (Lipinski definition) is 2. The Morgan fingerprint density at radius 2 is 0.900 bits per heavy atom. The highest BCUT2D eigenvalue weighted by molar-refractivity contribution is 5.89. The Morgan fingerprint density at radius 3 is 1.34 bits per heavy atom. The molecule has 4 aromatic carbocycles. The summed E-state index contributed by atoms with van der Waals surface area (Å²) in [6.07, 6.45) is 2.39. The van der Waals surface area contributed by atoms with Crippen LogP contribution in [0.2, 0.25) is 0 Å². The largest absolute Gasteiger partial charge is 0.508 e. The van der Waals surface area contributed by atoms with Crippen LogP contribution in [0.3, 0.4) is 0 Å². The van der Waals surface area contributed by atoms with E-state index in [9.17, 15) is 19.8 Å². The first-order chi connectivity index (χ1) is 23.5. The summed E-state index contributed by atoms with van der Waals surface area (Å²) in [7, 11) is 0. The molecule has 4 aromatic rings. The molecule has 0 aromatic heterocycles. The summed E-state index contributed by atoms with van der Waals surface area (Å²) in [4.78, 5) is 24.8. The molecule has 0 saturated heterocycles. The molecule has 6 nitrogen and oxygen atoms in total. The Hall–Kier alpha value is -5.10. The van der Waals surface area contributed by atoms with E-state index in [0.29, 0.717) is 48.3 Å². The van der Waals surface area contributed by atoms with Gasteiger partial charge in [0, 0.05) is 22.0 Å². The van der Waals surface area contributed by atoms with Crippen molar-refractivity contribution >= 4 is 11.9 Å². The van der Waals surface area contributed by atoms with Crippen molar-refractivity contribution in [1.82, 2.24) is 0 Å². The average molecular weight is 675 g/mol. The minimum absolute atomic E-state index is 0.189. The minimum Gasteiger partial charge on any atom is -0.508 e. The number of carbonyl (C=O) groups excluding carboxylic acids is 2. The lowest BCUT2D eigenvalue weighted by atomic mass is 9.76. The van der Waals surface area contributed by atoms with Crippen molar-refractivity contribution in [3.05, 3.63) is 142 Å². The summed E-state index contributed by atoms with van der Waals surface area (Å²) in [5.41, 5.74) is 7.35. The highest BCUT2D eigenvalue weighted by Gasteiger charge is 2.27. The van der Waals surface area contributed by atoms with Gasteiger partial charge in [-0.05, 0) is 108 Å². The predicted molar refractivity (Wildman–Crippen MR) is 200 cm³/mol. The monoisotopic (exact) mass is 674 g/mol. The number of carbonyl (C=O) groups is 2. The molecule has 0 aliphatic carbocycles. The van der Waals surface area contributed by atoms with Crippen LogP contribution in [0.15, 0.2) is 97.1 Å². The second-order valence-corrected chi connectivity index (χ2v) is 14.1. The van der Waals surface area contributed by atoms with Gasteiger partial charge in [0.15, 0.2) is 0 Å². The lowest BCUT2D eigenvalue weighted by Gasteiger charge is -2.28. The van der Waals surface area contributed by atoms with E-state index in [2.05, 4.69) is 53.0 Å². The Labute approximate surface area is 297 Å². The molecule has 0 aliphatic heterocycles. The van der Waals surface area contributed by atoms with E-state index in [0.717, 1.165) is 44.5 Å². The lowest BCUT2D eigenvalue weighted by molar-refractivity contribution is -0.131. The zero-order valence-corrected chi connectivity index (χ0v) is 30.7. The maximum absolute atomic E-state index is 12.6. The highest BCUT2D eigenvalue weighted by atomic mass is 16.5. The second-order valence-electron chi connectivity index (χ2n) is 14.1. The van der Waals surface area contributed by atoms with Crippen LogP contribution in [0.25, 0.3) is 0 Å². The van der Waals surface area contributed by atoms with Crippen LogP contribution in [-0.4, -0.2) is 22.2 Å². The van der Waals surface area contributed by atoms with Gasteiger partial charge in [0.05, 0.1) is 0 Å². The number of aryl methyl sites for hydroxylation is 4. The summed E-state index contributed by atoms with van der Waals surface area (Å²) in [6, 6.07) is 23.2. The summed E-state index contributed by atoms with van der Waals surface area (Å²) >= 11 is 0. The third-order valence-electron chi connectivity index (χ3n) is 9.69. The van der Waals surface area contributed by atoms with E-state index in [1.807, 2.05) is 62.4 Å². The van der Waals surface area contributed by atoms with Gasteiger partial charge in [0.1, 0.15) is 23.0 Å². The van der Waals surface area contributed by atoms with Gasteiger partial charge >= 0.3 is 11.9 Å². The minimum atomic E-state index is -0.497. The fourth-order valence-corrected chi connectivity index (χ4v) is 6.02. The predicted octanol–water partition coefficient (Wildman–Crippen LogP) is 9.62. The van der Waals surface area contributed by atoms with Gasteiger partial charge < -0.3 is 19.7 Å². The van der Waals surface area contributed by atoms with Crippen LogP contribution in [0.1, 0.15) is 99.9 Å². The number of rotatable bonds is 13. The Kier molecular flexibility index (Phi) is 11.5. The summed E-state index contributed by atoms with van der Waals surface area (Å²) in [6.45, 7) is 23.2. The molecule has 0 saturated carbocycles. The molecule has 0 heterocycles. The van der Waals surface area contributed by atoms with Gasteiger partial charge in [0.2, 0.25) is 0 Å². The van der Waals surface area contributed by atoms with E-state index in [-0.39, 0.29) is 11.5 Å². The van der Waals surface area contributed by atoms with Crippen molar-refractivity contribution in [2.45, 2.75) is 91.9 Å². The van der Waals surface area contributed by atoms with Crippen molar-refractivity contribution in [2.75, 3.05) is 0 Å². The number of aromatic hydroxyl groups is 2. The number of hydrogen-bond acceptors (Lipinski definition) is 6. The fraction of sp³-hybridized carbons (Fsp3) is 0.318. The highest BCUT2D eigenvalue weighted by Crippen LogP contribution is 2.39. The second kappa shape index (κ2) is 15.2. The first kappa shape index (κ1) is 37.7. The third-order valence-corrected chi connectivity index (χ3v) is 9.69. The van der Waals surface area contributed by atoms with Crippen LogP contribution in [0.4, 0.5) is 0 Å². The molecule has 0 unspecified atom stereocenters. The van der Waals surface area contributed by atoms with Gasteiger partial charge in [-0.25, -0.2) is 9.59 Å². The summed E-state index contributed by atoms with van der Waals surface area (Å²) < 4.78 is 11.4. The molecule has 0 amide bonds. The number of esters is 2. The molecule has 0 aliphatic rings. The molecule has 0 fully saturated rings. The van der Waals surface area contributed by atoms with E-state index in [1.165, 1.54) is 0 Å². The zero-order chi connectivity index (χ0) is 37.0. The smallest absolute Gasteiger partial charge is 0.338 e. The quantitative estimate of drug-likeness (QED) is 0.0834. The molecule has 0 atom stereocenters. The molecule has 262 valence electrons. The van der Waals surface area contributed by atoms with E-state index < -0.39 is 22.8 Å². The van der Waals surface area contributed by atoms with Crippen LogP contribution in [0, 0.1) is 0 Å². The van der Waals surface area contributed by atoms with Gasteiger partial charge in [0.25, 0.3) is 0 Å². The van der Waals surface area contributed by atoms with Gasteiger partial charge in [-0.2, -0.15) is 0 Å². The van der Waals surface area contributed by atoms with Crippen LogP contribution in [0.5, 0.6) is 23.0 Å². The molecular weight excluding hydrogens is 624 g/mol. The molecule has 0 spiro atoms. The van der Waals surface area contributed by atoms with Crippen LogP contribution < -0.4 is 9.47 Å². The fourth-order valence-electron chi connectivity index (χ4n) is 6.02. The van der Waals surface area contributed by atoms with Gasteiger partial charge in [-0.15, -0.1) is 0 Å². The first-order valence-corrected chi connectivity index (χ1v) is 17.2. The Morgan fingerprint density at radius 1 is 0.560 bits per heavy atom. The van der Waals surface area contributed by atoms with Crippen molar-refractivity contribution in [1.29, 1.82) is 0 Å². The maximum Gasteiger partial charge on any atom is 0.338 e. The lowest BCUT2D eigenvalue weighted by Crippen LogP contribution is -2.20. The van der Waals surface area contributed by atoms with Crippen LogP contribution >= 0.6 is 0 Å². The van der Waals surface area contributed by atoms with Crippen LogP contribution in [-0.2, 0) is 46.1 Å². The van der Waals surface area contributed by atoms with Crippen molar-refractivity contribution in [3.63, 3.8) is 0 Å². The summed E-state index contributed by atoms with van der Waals surface area (Å²) in [5, 5.41) is 21.3. The van der Waals surface area contributed by atoms with Crippen molar-refractivity contribution in [3.8, 4) is 23.0 Å². The SMILES string of the molecule is C=C(C)C(=O)Oc1ccc(C(C)(C)c2ccc(O)c(CCc3cc(C(C)(C)c4ccc(O)c(CC)c4)ccc3OC(=O)C(=C)C)c2)cc1CC. The normalized spacial score (nSPS) is 11.6. The maximum atomic E-state index is 12.6. The molecule has 0 bridgehead atoms. The van der Waals surface area contributed by atoms with E-state index in [1.54, 1.807) is 26.0 Å². The van der Waals surface area contributed by atoms with Gasteiger partial charge in [-0.3, -0.25) is 0 Å². The van der Waals surface area contributed by atoms with E-state index in [4.69, 9.17) is 9.47 Å². The first-order valence-electron chi connectivity index (χ1n) is 17.2. The molecule has 50 heavy (non-hydrogen) atoms. The zero-order valence-electron chi connectivity index (χ0n) is 30.7. The van der Waals surface area contributed by atoms with Crippen molar-refractivity contribution < 1.29 is 29.3 Å². The van der Waals surface area contributed by atoms with Gasteiger partial charge in [-0.1, -0.05) is 103 Å². The standard InChI is InChI=1S/C44H50O6/c1-11-29-23-33(15-19-37(29)45)43(7,8)36-18-22-40(50-42(48)28(5)6)32(26-36)14-13-31-25-34(16-20-38(31)46)44(9,10)35-17-21-39(30(12-2)24-35)49-41(47)27(3)4/h15-26,45-46H,3,5,11-14H2,1-2,4,6-10H3. The number of phenolic OH excluding ortho intramolecular Hbond substituents is 2. The van der Waals surface area contributed by atoms with Crippen molar-refractivity contribution in [2.24, 2.45) is 0 Å². The number of benzene rings is 4. The summed E-state index contributed by atoms with van der Waals surface area (Å²) in [5.74, 6) is 0.500.